The van der Waals surface area contributed by atoms with Gasteiger partial charge in [0.05, 0.1) is 18.2 Å². The van der Waals surface area contributed by atoms with Gasteiger partial charge in [-0.2, -0.15) is 0 Å². The highest BCUT2D eigenvalue weighted by molar-refractivity contribution is 8.02. The van der Waals surface area contributed by atoms with E-state index in [9.17, 15) is 9.59 Å². The van der Waals surface area contributed by atoms with E-state index in [-0.39, 0.29) is 0 Å². The molecule has 0 aliphatic rings. The fraction of sp³-hybridized carbons (Fsp3) is 0. The van der Waals surface area contributed by atoms with Crippen molar-refractivity contribution >= 4 is 46.2 Å². The minimum atomic E-state index is -0.425. The SMILES string of the molecule is NC(=O)c1ccc(Sc2ccc(C(N)=O)s2)s1. The molecule has 0 fully saturated rings. The summed E-state index contributed by atoms with van der Waals surface area (Å²) in [5.41, 5.74) is 10.3. The summed E-state index contributed by atoms with van der Waals surface area (Å²) in [6.07, 6.45) is 0. The standard InChI is InChI=1S/C10H8N2O2S3/c11-9(13)5-1-3-7(15-5)17-8-4-2-6(16-8)10(12)14/h1-4H,(H2,11,13)(H2,12,14). The Morgan fingerprint density at radius 3 is 1.59 bits per heavy atom. The summed E-state index contributed by atoms with van der Waals surface area (Å²) in [6, 6.07) is 7.05. The van der Waals surface area contributed by atoms with Crippen LogP contribution in [0.3, 0.4) is 0 Å². The summed E-state index contributed by atoms with van der Waals surface area (Å²) in [5.74, 6) is -0.850. The lowest BCUT2D eigenvalue weighted by atomic mass is 10.5. The van der Waals surface area contributed by atoms with Gasteiger partial charge in [0.15, 0.2) is 0 Å². The number of hydrogen-bond acceptors (Lipinski definition) is 5. The van der Waals surface area contributed by atoms with Crippen molar-refractivity contribution in [3.05, 3.63) is 34.0 Å². The molecule has 17 heavy (non-hydrogen) atoms. The van der Waals surface area contributed by atoms with Gasteiger partial charge in [0.1, 0.15) is 0 Å². The molecule has 0 unspecified atom stereocenters. The Morgan fingerprint density at radius 2 is 1.29 bits per heavy atom. The predicted octanol–water partition coefficient (Wildman–Crippen LogP) is 2.16. The van der Waals surface area contributed by atoms with Gasteiger partial charge in [0.25, 0.3) is 11.8 Å². The lowest BCUT2D eigenvalue weighted by Gasteiger charge is -1.91. The number of primary amides is 2. The van der Waals surface area contributed by atoms with E-state index in [0.717, 1.165) is 8.42 Å². The van der Waals surface area contributed by atoms with E-state index in [2.05, 4.69) is 0 Å². The second-order valence-corrected chi connectivity index (χ2v) is 6.84. The van der Waals surface area contributed by atoms with Crippen molar-refractivity contribution in [1.82, 2.24) is 0 Å². The third-order valence-electron chi connectivity index (χ3n) is 1.85. The zero-order valence-electron chi connectivity index (χ0n) is 8.51. The highest BCUT2D eigenvalue weighted by atomic mass is 32.2. The Kier molecular flexibility index (Phi) is 3.51. The summed E-state index contributed by atoms with van der Waals surface area (Å²) in [6.45, 7) is 0. The van der Waals surface area contributed by atoms with Crippen LogP contribution in [0.2, 0.25) is 0 Å². The molecular formula is C10H8N2O2S3. The van der Waals surface area contributed by atoms with Gasteiger partial charge in [0.2, 0.25) is 0 Å². The maximum Gasteiger partial charge on any atom is 0.258 e. The minimum Gasteiger partial charge on any atom is -0.365 e. The monoisotopic (exact) mass is 284 g/mol. The Morgan fingerprint density at radius 1 is 0.882 bits per heavy atom. The van der Waals surface area contributed by atoms with Crippen molar-refractivity contribution in [3.8, 4) is 0 Å². The molecule has 2 rings (SSSR count). The largest absolute Gasteiger partial charge is 0.365 e. The Labute approximate surface area is 110 Å². The molecule has 0 bridgehead atoms. The van der Waals surface area contributed by atoms with Crippen LogP contribution in [0.5, 0.6) is 0 Å². The highest BCUT2D eigenvalue weighted by Crippen LogP contribution is 2.37. The quantitative estimate of drug-likeness (QED) is 0.902. The Balaban J connectivity index is 2.13. The second-order valence-electron chi connectivity index (χ2n) is 3.07. The van der Waals surface area contributed by atoms with E-state index in [1.165, 1.54) is 34.4 Å². The molecule has 0 spiro atoms. The maximum absolute atomic E-state index is 10.9. The third kappa shape index (κ3) is 2.87. The molecule has 88 valence electrons. The van der Waals surface area contributed by atoms with E-state index >= 15 is 0 Å². The number of amides is 2. The number of carbonyl (C=O) groups excluding carboxylic acids is 2. The molecule has 2 heterocycles. The van der Waals surface area contributed by atoms with Crippen LogP contribution in [0.15, 0.2) is 32.7 Å². The van der Waals surface area contributed by atoms with Gasteiger partial charge in [-0.1, -0.05) is 11.8 Å². The second kappa shape index (κ2) is 4.91. The lowest BCUT2D eigenvalue weighted by Crippen LogP contribution is -2.07. The van der Waals surface area contributed by atoms with Crippen molar-refractivity contribution in [2.75, 3.05) is 0 Å². The summed E-state index contributed by atoms with van der Waals surface area (Å²) >= 11 is 4.15. The van der Waals surface area contributed by atoms with Crippen LogP contribution in [0.1, 0.15) is 19.3 Å². The lowest BCUT2D eigenvalue weighted by molar-refractivity contribution is 0.0995. The molecule has 2 aromatic heterocycles. The normalized spacial score (nSPS) is 10.4. The molecule has 0 radical (unpaired) electrons. The number of carbonyl (C=O) groups is 2. The van der Waals surface area contributed by atoms with E-state index in [1.54, 1.807) is 12.1 Å². The molecule has 0 saturated carbocycles. The molecule has 0 aromatic carbocycles. The first kappa shape index (κ1) is 12.2. The Bertz CT molecular complexity index is 523. The molecular weight excluding hydrogens is 276 g/mol. The summed E-state index contributed by atoms with van der Waals surface area (Å²) in [5, 5.41) is 0. The molecule has 4 nitrogen and oxygen atoms in total. The zero-order chi connectivity index (χ0) is 12.4. The van der Waals surface area contributed by atoms with E-state index in [1.807, 2.05) is 12.1 Å². The van der Waals surface area contributed by atoms with Crippen molar-refractivity contribution in [2.24, 2.45) is 11.5 Å². The first-order valence-electron chi connectivity index (χ1n) is 4.53. The van der Waals surface area contributed by atoms with Gasteiger partial charge < -0.3 is 11.5 Å². The van der Waals surface area contributed by atoms with Gasteiger partial charge >= 0.3 is 0 Å². The smallest absolute Gasteiger partial charge is 0.258 e. The summed E-state index contributed by atoms with van der Waals surface area (Å²) < 4.78 is 1.91. The van der Waals surface area contributed by atoms with Crippen molar-refractivity contribution < 1.29 is 9.59 Å². The van der Waals surface area contributed by atoms with Gasteiger partial charge in [-0.3, -0.25) is 9.59 Å². The van der Waals surface area contributed by atoms with Crippen LogP contribution in [0.25, 0.3) is 0 Å². The topological polar surface area (TPSA) is 86.2 Å². The molecule has 2 aromatic rings. The van der Waals surface area contributed by atoms with Gasteiger partial charge in [-0.25, -0.2) is 0 Å². The first-order valence-corrected chi connectivity index (χ1v) is 6.98. The number of rotatable bonds is 4. The summed E-state index contributed by atoms with van der Waals surface area (Å²) in [7, 11) is 0. The first-order chi connectivity index (χ1) is 8.06. The van der Waals surface area contributed by atoms with Crippen molar-refractivity contribution in [3.63, 3.8) is 0 Å². The average Bonchev–Trinajstić information content (AvgIpc) is 2.87. The van der Waals surface area contributed by atoms with Crippen LogP contribution >= 0.6 is 34.4 Å². The minimum absolute atomic E-state index is 0.425. The van der Waals surface area contributed by atoms with E-state index in [0.29, 0.717) is 9.75 Å². The molecule has 7 heteroatoms. The maximum atomic E-state index is 10.9. The Hall–Kier alpha value is -1.31. The molecule has 0 atom stereocenters. The van der Waals surface area contributed by atoms with Crippen LogP contribution in [0, 0.1) is 0 Å². The van der Waals surface area contributed by atoms with Crippen molar-refractivity contribution in [2.45, 2.75) is 8.42 Å². The van der Waals surface area contributed by atoms with Crippen LogP contribution < -0.4 is 11.5 Å². The highest BCUT2D eigenvalue weighted by Gasteiger charge is 2.09. The molecule has 0 saturated heterocycles. The number of hydrogen-bond donors (Lipinski definition) is 2. The fourth-order valence-electron chi connectivity index (χ4n) is 1.11. The van der Waals surface area contributed by atoms with E-state index < -0.39 is 11.8 Å². The van der Waals surface area contributed by atoms with Crippen LogP contribution in [0.4, 0.5) is 0 Å². The molecule has 0 aliphatic carbocycles. The molecule has 2 amide bonds. The van der Waals surface area contributed by atoms with Gasteiger partial charge in [-0.15, -0.1) is 22.7 Å². The average molecular weight is 284 g/mol. The van der Waals surface area contributed by atoms with Crippen LogP contribution in [-0.2, 0) is 0 Å². The fourth-order valence-corrected chi connectivity index (χ4v) is 4.33. The zero-order valence-corrected chi connectivity index (χ0v) is 11.0. The molecule has 4 N–H and O–H groups in total. The van der Waals surface area contributed by atoms with Crippen LogP contribution in [-0.4, -0.2) is 11.8 Å². The van der Waals surface area contributed by atoms with Crippen molar-refractivity contribution in [1.29, 1.82) is 0 Å². The predicted molar refractivity (Wildman–Crippen MR) is 69.8 cm³/mol. The van der Waals surface area contributed by atoms with E-state index in [4.69, 9.17) is 11.5 Å². The third-order valence-corrected chi connectivity index (χ3v) is 5.31. The van der Waals surface area contributed by atoms with Gasteiger partial charge in [0, 0.05) is 0 Å². The number of thiophene rings is 2. The molecule has 0 aliphatic heterocycles. The number of nitrogens with two attached hydrogens (primary N) is 2. The summed E-state index contributed by atoms with van der Waals surface area (Å²) in [4.78, 5) is 22.9. The van der Waals surface area contributed by atoms with Gasteiger partial charge in [-0.05, 0) is 24.3 Å².